The molecule has 2 unspecified atom stereocenters. The van der Waals surface area contributed by atoms with Gasteiger partial charge in [0.25, 0.3) is 0 Å². The first-order valence-corrected chi connectivity index (χ1v) is 6.39. The Kier molecular flexibility index (Phi) is 3.78. The normalized spacial score (nSPS) is 21.6. The molecule has 5 heteroatoms. The molecule has 1 saturated heterocycles. The number of hydrogen-bond acceptors (Lipinski definition) is 2. The predicted molar refractivity (Wildman–Crippen MR) is 72.6 cm³/mol. The number of urea groups is 1. The predicted octanol–water partition coefficient (Wildman–Crippen LogP) is 2.10. The summed E-state index contributed by atoms with van der Waals surface area (Å²) in [6.07, 6.45) is 0. The van der Waals surface area contributed by atoms with Crippen LogP contribution in [0.1, 0.15) is 18.5 Å². The van der Waals surface area contributed by atoms with E-state index in [1.165, 1.54) is 0 Å². The van der Waals surface area contributed by atoms with Gasteiger partial charge in [0, 0.05) is 31.2 Å². The summed E-state index contributed by atoms with van der Waals surface area (Å²) in [7, 11) is 1.82. The Morgan fingerprint density at radius 3 is 2.61 bits per heavy atom. The third kappa shape index (κ3) is 2.60. The van der Waals surface area contributed by atoms with Gasteiger partial charge < -0.3 is 15.5 Å². The highest BCUT2D eigenvalue weighted by Gasteiger charge is 2.35. The van der Waals surface area contributed by atoms with E-state index in [0.29, 0.717) is 18.1 Å². The number of likely N-dealkylation sites (N-methyl/N-ethyl adjacent to an activating group) is 1. The molecular weight excluding hydrogens is 250 g/mol. The minimum atomic E-state index is -0.00804. The Morgan fingerprint density at radius 1 is 1.44 bits per heavy atom. The first-order valence-electron chi connectivity index (χ1n) is 6.02. The van der Waals surface area contributed by atoms with E-state index in [1.807, 2.05) is 38.2 Å². The van der Waals surface area contributed by atoms with Gasteiger partial charge in [-0.3, -0.25) is 0 Å². The molecule has 4 nitrogen and oxygen atoms in total. The molecule has 2 amide bonds. The van der Waals surface area contributed by atoms with Crippen molar-refractivity contribution in [2.75, 3.05) is 20.1 Å². The summed E-state index contributed by atoms with van der Waals surface area (Å²) >= 11 is 5.87. The van der Waals surface area contributed by atoms with Crippen LogP contribution in [0.3, 0.4) is 0 Å². The minimum Gasteiger partial charge on any atom is -0.326 e. The topological polar surface area (TPSA) is 49.6 Å². The summed E-state index contributed by atoms with van der Waals surface area (Å²) in [6, 6.07) is 7.73. The van der Waals surface area contributed by atoms with Crippen molar-refractivity contribution in [2.24, 2.45) is 5.73 Å². The molecule has 0 aromatic heterocycles. The highest BCUT2D eigenvalue weighted by Crippen LogP contribution is 2.28. The Labute approximate surface area is 112 Å². The molecule has 0 aliphatic carbocycles. The molecule has 2 atom stereocenters. The van der Waals surface area contributed by atoms with E-state index < -0.39 is 0 Å². The van der Waals surface area contributed by atoms with Crippen LogP contribution in [0.2, 0.25) is 5.02 Å². The molecule has 1 aliphatic heterocycles. The molecule has 2 N–H and O–H groups in total. The van der Waals surface area contributed by atoms with Crippen LogP contribution in [0.4, 0.5) is 4.79 Å². The van der Waals surface area contributed by atoms with E-state index in [-0.39, 0.29) is 18.1 Å². The Morgan fingerprint density at radius 2 is 2.06 bits per heavy atom. The fourth-order valence-electron chi connectivity index (χ4n) is 2.28. The highest BCUT2D eigenvalue weighted by atomic mass is 35.5. The smallest absolute Gasteiger partial charge is 0.320 e. The van der Waals surface area contributed by atoms with Crippen LogP contribution in [0.5, 0.6) is 0 Å². The van der Waals surface area contributed by atoms with Crippen LogP contribution in [-0.2, 0) is 0 Å². The summed E-state index contributed by atoms with van der Waals surface area (Å²) in [6.45, 7) is 3.18. The third-order valence-corrected chi connectivity index (χ3v) is 3.45. The van der Waals surface area contributed by atoms with Gasteiger partial charge in [-0.15, -0.1) is 0 Å². The maximum absolute atomic E-state index is 12.1. The van der Waals surface area contributed by atoms with Crippen molar-refractivity contribution in [1.82, 2.24) is 9.80 Å². The van der Waals surface area contributed by atoms with Gasteiger partial charge in [0.2, 0.25) is 0 Å². The zero-order chi connectivity index (χ0) is 13.3. The van der Waals surface area contributed by atoms with Crippen molar-refractivity contribution in [3.63, 3.8) is 0 Å². The second kappa shape index (κ2) is 5.16. The number of rotatable bonds is 3. The number of amides is 2. The zero-order valence-electron chi connectivity index (χ0n) is 10.6. The van der Waals surface area contributed by atoms with Crippen molar-refractivity contribution in [3.8, 4) is 0 Å². The van der Waals surface area contributed by atoms with E-state index >= 15 is 0 Å². The third-order valence-electron chi connectivity index (χ3n) is 3.20. The molecular formula is C13H18ClN3O. The zero-order valence-corrected chi connectivity index (χ0v) is 11.4. The molecule has 1 aromatic rings. The standard InChI is InChI=1S/C13H18ClN3O/c1-9(15)7-17-8-12(16(2)13(17)18)10-3-5-11(14)6-4-10/h3-6,9,12H,7-8,15H2,1-2H3. The maximum atomic E-state index is 12.1. The molecule has 1 aromatic carbocycles. The molecule has 0 spiro atoms. The summed E-state index contributed by atoms with van der Waals surface area (Å²) in [5, 5.41) is 0.707. The number of hydrogen-bond donors (Lipinski definition) is 1. The molecule has 0 bridgehead atoms. The van der Waals surface area contributed by atoms with Gasteiger partial charge in [0.15, 0.2) is 0 Å². The van der Waals surface area contributed by atoms with Gasteiger partial charge in [-0.05, 0) is 24.6 Å². The van der Waals surface area contributed by atoms with Crippen molar-refractivity contribution in [3.05, 3.63) is 34.9 Å². The molecule has 18 heavy (non-hydrogen) atoms. The van der Waals surface area contributed by atoms with Gasteiger partial charge >= 0.3 is 6.03 Å². The van der Waals surface area contributed by atoms with E-state index in [1.54, 1.807) is 9.80 Å². The molecule has 1 heterocycles. The largest absolute Gasteiger partial charge is 0.326 e. The lowest BCUT2D eigenvalue weighted by Gasteiger charge is -2.18. The SMILES string of the molecule is CC(N)CN1CC(c2ccc(Cl)cc2)N(C)C1=O. The second-order valence-corrected chi connectivity index (χ2v) is 5.28. The van der Waals surface area contributed by atoms with Gasteiger partial charge in [-0.1, -0.05) is 23.7 Å². The molecule has 1 aliphatic rings. The van der Waals surface area contributed by atoms with Crippen molar-refractivity contribution in [2.45, 2.75) is 19.0 Å². The minimum absolute atomic E-state index is 0.00804. The quantitative estimate of drug-likeness (QED) is 0.912. The Balaban J connectivity index is 2.15. The van der Waals surface area contributed by atoms with Crippen LogP contribution in [-0.4, -0.2) is 42.0 Å². The lowest BCUT2D eigenvalue weighted by molar-refractivity contribution is 0.194. The summed E-state index contributed by atoms with van der Waals surface area (Å²) < 4.78 is 0. The highest BCUT2D eigenvalue weighted by molar-refractivity contribution is 6.30. The molecule has 1 fully saturated rings. The number of nitrogens with two attached hydrogens (primary N) is 1. The summed E-state index contributed by atoms with van der Waals surface area (Å²) in [5.41, 5.74) is 6.85. The lowest BCUT2D eigenvalue weighted by atomic mass is 10.1. The summed E-state index contributed by atoms with van der Waals surface area (Å²) in [5.74, 6) is 0. The van der Waals surface area contributed by atoms with Crippen LogP contribution < -0.4 is 5.73 Å². The summed E-state index contributed by atoms with van der Waals surface area (Å²) in [4.78, 5) is 15.6. The average Bonchev–Trinajstić information content (AvgIpc) is 2.58. The van der Waals surface area contributed by atoms with E-state index in [9.17, 15) is 4.79 Å². The fourth-order valence-corrected chi connectivity index (χ4v) is 2.41. The van der Waals surface area contributed by atoms with Gasteiger partial charge in [0.05, 0.1) is 6.04 Å². The van der Waals surface area contributed by atoms with Gasteiger partial charge in [0.1, 0.15) is 0 Å². The molecule has 0 saturated carbocycles. The number of nitrogens with zero attached hydrogens (tertiary/aromatic N) is 2. The van der Waals surface area contributed by atoms with Gasteiger partial charge in [-0.25, -0.2) is 4.79 Å². The first-order chi connectivity index (χ1) is 8.49. The van der Waals surface area contributed by atoms with Crippen LogP contribution in [0.25, 0.3) is 0 Å². The van der Waals surface area contributed by atoms with E-state index in [2.05, 4.69) is 0 Å². The number of halogens is 1. The van der Waals surface area contributed by atoms with Crippen molar-refractivity contribution in [1.29, 1.82) is 0 Å². The number of benzene rings is 1. The van der Waals surface area contributed by atoms with Crippen LogP contribution in [0, 0.1) is 0 Å². The van der Waals surface area contributed by atoms with Crippen LogP contribution in [0.15, 0.2) is 24.3 Å². The lowest BCUT2D eigenvalue weighted by Crippen LogP contribution is -2.38. The Bertz CT molecular complexity index is 432. The number of carbonyl (C=O) groups excluding carboxylic acids is 1. The van der Waals surface area contributed by atoms with Gasteiger partial charge in [-0.2, -0.15) is 0 Å². The monoisotopic (exact) mass is 267 g/mol. The maximum Gasteiger partial charge on any atom is 0.320 e. The first kappa shape index (κ1) is 13.2. The fraction of sp³-hybridized carbons (Fsp3) is 0.462. The van der Waals surface area contributed by atoms with E-state index in [0.717, 1.165) is 5.56 Å². The average molecular weight is 268 g/mol. The van der Waals surface area contributed by atoms with Crippen LogP contribution >= 0.6 is 11.6 Å². The molecule has 2 rings (SSSR count). The van der Waals surface area contributed by atoms with Crippen molar-refractivity contribution >= 4 is 17.6 Å². The molecule has 0 radical (unpaired) electrons. The molecule has 98 valence electrons. The number of carbonyl (C=O) groups is 1. The van der Waals surface area contributed by atoms with Crippen molar-refractivity contribution < 1.29 is 4.79 Å². The van der Waals surface area contributed by atoms with E-state index in [4.69, 9.17) is 17.3 Å². The second-order valence-electron chi connectivity index (χ2n) is 4.84. The Hall–Kier alpha value is -1.26.